The predicted octanol–water partition coefficient (Wildman–Crippen LogP) is 3.43. The number of benzene rings is 1. The molecule has 22 heavy (non-hydrogen) atoms. The van der Waals surface area contributed by atoms with E-state index in [0.29, 0.717) is 5.02 Å². The van der Waals surface area contributed by atoms with Crippen LogP contribution in [0.15, 0.2) is 29.3 Å². The van der Waals surface area contributed by atoms with Gasteiger partial charge >= 0.3 is 5.97 Å². The molecule has 0 radical (unpaired) electrons. The number of rotatable bonds is 5. The van der Waals surface area contributed by atoms with Gasteiger partial charge in [-0.3, -0.25) is 4.72 Å². The summed E-state index contributed by atoms with van der Waals surface area (Å²) < 4.78 is 31.6. The topological polar surface area (TPSA) is 85.4 Å². The van der Waals surface area contributed by atoms with Crippen LogP contribution in [0.2, 0.25) is 10.0 Å². The Kier molecular flexibility index (Phi) is 5.28. The molecule has 118 valence electrons. The summed E-state index contributed by atoms with van der Waals surface area (Å²) in [5, 5.41) is 0.346. The Labute approximate surface area is 141 Å². The van der Waals surface area contributed by atoms with E-state index >= 15 is 0 Å². The molecule has 0 aliphatic rings. The summed E-state index contributed by atoms with van der Waals surface area (Å²) in [5.74, 6) is -0.560. The van der Waals surface area contributed by atoms with Gasteiger partial charge in [0.05, 0.1) is 17.8 Å². The average Bonchev–Trinajstić information content (AvgIpc) is 2.86. The third-order valence-electron chi connectivity index (χ3n) is 2.39. The first-order valence-electron chi connectivity index (χ1n) is 5.94. The van der Waals surface area contributed by atoms with E-state index in [-0.39, 0.29) is 26.5 Å². The fourth-order valence-corrected chi connectivity index (χ4v) is 4.21. The Bertz CT molecular complexity index is 805. The minimum atomic E-state index is -3.93. The minimum absolute atomic E-state index is 0.0119. The van der Waals surface area contributed by atoms with Gasteiger partial charge in [0, 0.05) is 5.02 Å². The molecule has 2 rings (SSSR count). The monoisotopic (exact) mass is 380 g/mol. The van der Waals surface area contributed by atoms with Crippen molar-refractivity contribution >= 4 is 55.7 Å². The number of carbonyl (C=O) groups excluding carboxylic acids is 1. The van der Waals surface area contributed by atoms with Gasteiger partial charge in [-0.2, -0.15) is 0 Å². The number of anilines is 1. The fraction of sp³-hybridized carbons (Fsp3) is 0.167. The molecular weight excluding hydrogens is 371 g/mol. The smallest absolute Gasteiger partial charge is 0.350 e. The van der Waals surface area contributed by atoms with Crippen LogP contribution in [0.1, 0.15) is 16.6 Å². The number of esters is 1. The largest absolute Gasteiger partial charge is 0.462 e. The molecule has 0 amide bonds. The van der Waals surface area contributed by atoms with Gasteiger partial charge in [0.15, 0.2) is 5.13 Å². The van der Waals surface area contributed by atoms with Gasteiger partial charge in [0.2, 0.25) is 0 Å². The van der Waals surface area contributed by atoms with Crippen LogP contribution in [0, 0.1) is 0 Å². The quantitative estimate of drug-likeness (QED) is 0.802. The highest BCUT2D eigenvalue weighted by Crippen LogP contribution is 2.28. The van der Waals surface area contributed by atoms with E-state index in [0.717, 1.165) is 11.3 Å². The third-order valence-corrected chi connectivity index (χ3v) is 5.47. The number of thiazole rings is 1. The molecule has 1 N–H and O–H groups in total. The first kappa shape index (κ1) is 17.0. The number of halogens is 2. The summed E-state index contributed by atoms with van der Waals surface area (Å²) in [6, 6.07) is 4.02. The van der Waals surface area contributed by atoms with Crippen molar-refractivity contribution in [2.45, 2.75) is 11.8 Å². The van der Waals surface area contributed by atoms with Crippen LogP contribution in [0.3, 0.4) is 0 Å². The van der Waals surface area contributed by atoms with Gasteiger partial charge in [-0.1, -0.05) is 34.5 Å². The first-order valence-corrected chi connectivity index (χ1v) is 9.00. The number of hydrogen-bond donors (Lipinski definition) is 1. The van der Waals surface area contributed by atoms with E-state index in [1.165, 1.54) is 24.4 Å². The molecule has 0 saturated carbocycles. The molecule has 1 heterocycles. The second-order valence-electron chi connectivity index (χ2n) is 3.93. The van der Waals surface area contributed by atoms with E-state index in [9.17, 15) is 13.2 Å². The highest BCUT2D eigenvalue weighted by atomic mass is 35.5. The van der Waals surface area contributed by atoms with Crippen molar-refractivity contribution in [2.75, 3.05) is 11.3 Å². The number of ether oxygens (including phenoxy) is 1. The molecular formula is C12H10Cl2N2O4S2. The maximum absolute atomic E-state index is 12.3. The van der Waals surface area contributed by atoms with E-state index < -0.39 is 16.0 Å². The highest BCUT2D eigenvalue weighted by Gasteiger charge is 2.21. The molecule has 0 unspecified atom stereocenters. The van der Waals surface area contributed by atoms with Crippen LogP contribution < -0.4 is 4.72 Å². The van der Waals surface area contributed by atoms with Crippen LogP contribution in [-0.4, -0.2) is 26.0 Å². The molecule has 0 aliphatic heterocycles. The Morgan fingerprint density at radius 1 is 1.41 bits per heavy atom. The SMILES string of the molecule is CCOC(=O)c1cnc(NS(=O)(=O)c2ccc(Cl)cc2Cl)s1. The number of carbonyl (C=O) groups is 1. The Hall–Kier alpha value is -1.35. The molecule has 6 nitrogen and oxygen atoms in total. The number of aromatic nitrogens is 1. The number of sulfonamides is 1. The van der Waals surface area contributed by atoms with Crippen LogP contribution in [-0.2, 0) is 14.8 Å². The lowest BCUT2D eigenvalue weighted by molar-refractivity contribution is 0.0532. The van der Waals surface area contributed by atoms with E-state index in [4.69, 9.17) is 27.9 Å². The highest BCUT2D eigenvalue weighted by molar-refractivity contribution is 7.93. The molecule has 1 aromatic carbocycles. The molecule has 0 spiro atoms. The minimum Gasteiger partial charge on any atom is -0.462 e. The third kappa shape index (κ3) is 3.89. The molecule has 0 atom stereocenters. The zero-order valence-electron chi connectivity index (χ0n) is 11.2. The summed E-state index contributed by atoms with van der Waals surface area (Å²) in [6.45, 7) is 1.89. The lowest BCUT2D eigenvalue weighted by Gasteiger charge is -2.07. The van der Waals surface area contributed by atoms with E-state index in [2.05, 4.69) is 9.71 Å². The maximum atomic E-state index is 12.3. The molecule has 0 fully saturated rings. The van der Waals surface area contributed by atoms with Crippen LogP contribution in [0.25, 0.3) is 0 Å². The summed E-state index contributed by atoms with van der Waals surface area (Å²) >= 11 is 12.5. The summed E-state index contributed by atoms with van der Waals surface area (Å²) in [7, 11) is -3.93. The number of nitrogens with one attached hydrogen (secondary N) is 1. The molecule has 0 bridgehead atoms. The average molecular weight is 381 g/mol. The molecule has 2 aromatic rings. The van der Waals surface area contributed by atoms with Crippen molar-refractivity contribution in [2.24, 2.45) is 0 Å². The van der Waals surface area contributed by atoms with Gasteiger partial charge in [0.25, 0.3) is 10.0 Å². The molecule has 10 heteroatoms. The lowest BCUT2D eigenvalue weighted by Crippen LogP contribution is -2.13. The van der Waals surface area contributed by atoms with Crippen molar-refractivity contribution in [3.8, 4) is 0 Å². The second-order valence-corrected chi connectivity index (χ2v) is 7.46. The number of hydrogen-bond acceptors (Lipinski definition) is 6. The van der Waals surface area contributed by atoms with Crippen molar-refractivity contribution < 1.29 is 17.9 Å². The first-order chi connectivity index (χ1) is 10.3. The van der Waals surface area contributed by atoms with Gasteiger partial charge in [-0.15, -0.1) is 0 Å². The van der Waals surface area contributed by atoms with E-state index in [1.54, 1.807) is 6.92 Å². The number of nitrogens with zero attached hydrogens (tertiary/aromatic N) is 1. The summed E-state index contributed by atoms with van der Waals surface area (Å²) in [5.41, 5.74) is 0. The van der Waals surface area contributed by atoms with E-state index in [1.807, 2.05) is 0 Å². The Balaban J connectivity index is 2.24. The molecule has 1 aromatic heterocycles. The predicted molar refractivity (Wildman–Crippen MR) is 85.3 cm³/mol. The molecule has 0 aliphatic carbocycles. The van der Waals surface area contributed by atoms with Gasteiger partial charge in [-0.25, -0.2) is 18.2 Å². The standard InChI is InChI=1S/C12H10Cl2N2O4S2/c1-2-20-11(17)9-6-15-12(21-9)16-22(18,19)10-4-3-7(13)5-8(10)14/h3-6H,2H2,1H3,(H,15,16). The van der Waals surface area contributed by atoms with Gasteiger partial charge in [0.1, 0.15) is 9.77 Å². The van der Waals surface area contributed by atoms with Gasteiger partial charge < -0.3 is 4.74 Å². The van der Waals surface area contributed by atoms with Crippen LogP contribution >= 0.6 is 34.5 Å². The van der Waals surface area contributed by atoms with Crippen molar-refractivity contribution in [1.29, 1.82) is 0 Å². The lowest BCUT2D eigenvalue weighted by atomic mass is 10.4. The summed E-state index contributed by atoms with van der Waals surface area (Å²) in [6.07, 6.45) is 1.24. The van der Waals surface area contributed by atoms with Crippen molar-refractivity contribution in [3.05, 3.63) is 39.3 Å². The fourth-order valence-electron chi connectivity index (χ4n) is 1.48. The zero-order valence-corrected chi connectivity index (χ0v) is 14.3. The van der Waals surface area contributed by atoms with Crippen LogP contribution in [0.5, 0.6) is 0 Å². The maximum Gasteiger partial charge on any atom is 0.350 e. The van der Waals surface area contributed by atoms with Crippen LogP contribution in [0.4, 0.5) is 5.13 Å². The van der Waals surface area contributed by atoms with Crippen molar-refractivity contribution in [1.82, 2.24) is 4.98 Å². The van der Waals surface area contributed by atoms with Crippen molar-refractivity contribution in [3.63, 3.8) is 0 Å². The van der Waals surface area contributed by atoms with Gasteiger partial charge in [-0.05, 0) is 25.1 Å². The summed E-state index contributed by atoms with van der Waals surface area (Å²) in [4.78, 5) is 15.4. The normalized spacial score (nSPS) is 11.2. The molecule has 0 saturated heterocycles. The second kappa shape index (κ2) is 6.82. The Morgan fingerprint density at radius 2 is 2.14 bits per heavy atom. The Morgan fingerprint density at radius 3 is 2.77 bits per heavy atom. The zero-order chi connectivity index (χ0) is 16.3.